The van der Waals surface area contributed by atoms with E-state index in [2.05, 4.69) is 20.7 Å². The Morgan fingerprint density at radius 3 is 2.68 bits per heavy atom. The standard InChI is InChI=1S/C18H16N6O3S/c1-13-20-22-18(23(13)15-8-3-2-4-9-15)28-12-17(25)21-19-11-14-7-5-6-10-16(14)24(26)27/h2-11H,12H2,1H3,(H,21,25). The highest BCUT2D eigenvalue weighted by atomic mass is 32.2. The molecule has 142 valence electrons. The second-order valence-electron chi connectivity index (χ2n) is 5.60. The SMILES string of the molecule is Cc1nnc(SCC(=O)NN=Cc2ccccc2[N+](=O)[O-])n1-c1ccccc1. The molecule has 0 saturated carbocycles. The number of carbonyl (C=O) groups is 1. The zero-order valence-electron chi connectivity index (χ0n) is 14.8. The monoisotopic (exact) mass is 396 g/mol. The number of carbonyl (C=O) groups excluding carboxylic acids is 1. The van der Waals surface area contributed by atoms with E-state index in [4.69, 9.17) is 0 Å². The molecule has 0 aliphatic carbocycles. The van der Waals surface area contributed by atoms with Crippen molar-refractivity contribution >= 4 is 29.6 Å². The summed E-state index contributed by atoms with van der Waals surface area (Å²) in [6.45, 7) is 1.83. The molecule has 0 bridgehead atoms. The van der Waals surface area contributed by atoms with Crippen LogP contribution < -0.4 is 5.43 Å². The molecule has 0 spiro atoms. The van der Waals surface area contributed by atoms with Crippen molar-refractivity contribution in [2.24, 2.45) is 5.10 Å². The maximum Gasteiger partial charge on any atom is 0.278 e. The van der Waals surface area contributed by atoms with Gasteiger partial charge in [0, 0.05) is 11.8 Å². The number of aromatic nitrogens is 3. The lowest BCUT2D eigenvalue weighted by Gasteiger charge is -2.07. The molecule has 0 atom stereocenters. The van der Waals surface area contributed by atoms with Crippen LogP contribution in [0, 0.1) is 17.0 Å². The van der Waals surface area contributed by atoms with Crippen LogP contribution in [0.25, 0.3) is 5.69 Å². The van der Waals surface area contributed by atoms with Gasteiger partial charge in [-0.2, -0.15) is 5.10 Å². The molecular formula is C18H16N6O3S. The predicted octanol–water partition coefficient (Wildman–Crippen LogP) is 2.73. The van der Waals surface area contributed by atoms with Gasteiger partial charge in [-0.25, -0.2) is 5.43 Å². The maximum absolute atomic E-state index is 12.0. The van der Waals surface area contributed by atoms with Gasteiger partial charge in [0.2, 0.25) is 0 Å². The normalized spacial score (nSPS) is 10.9. The van der Waals surface area contributed by atoms with Gasteiger partial charge < -0.3 is 0 Å². The van der Waals surface area contributed by atoms with Crippen LogP contribution in [0.2, 0.25) is 0 Å². The van der Waals surface area contributed by atoms with E-state index in [9.17, 15) is 14.9 Å². The first-order chi connectivity index (χ1) is 13.6. The molecule has 28 heavy (non-hydrogen) atoms. The van der Waals surface area contributed by atoms with Gasteiger partial charge in [-0.15, -0.1) is 10.2 Å². The Hall–Kier alpha value is -3.53. The lowest BCUT2D eigenvalue weighted by atomic mass is 10.2. The highest BCUT2D eigenvalue weighted by Crippen LogP contribution is 2.21. The minimum atomic E-state index is -0.502. The summed E-state index contributed by atoms with van der Waals surface area (Å²) in [5.74, 6) is 0.419. The van der Waals surface area contributed by atoms with Crippen LogP contribution in [-0.2, 0) is 4.79 Å². The summed E-state index contributed by atoms with van der Waals surface area (Å²) >= 11 is 1.22. The molecule has 9 nitrogen and oxygen atoms in total. The molecule has 2 aromatic carbocycles. The molecule has 0 saturated heterocycles. The molecule has 1 N–H and O–H groups in total. The van der Waals surface area contributed by atoms with Crippen LogP contribution in [-0.4, -0.2) is 37.6 Å². The Morgan fingerprint density at radius 2 is 1.93 bits per heavy atom. The number of rotatable bonds is 7. The maximum atomic E-state index is 12.0. The van der Waals surface area contributed by atoms with Crippen molar-refractivity contribution in [3.63, 3.8) is 0 Å². The molecule has 0 unspecified atom stereocenters. The first-order valence-electron chi connectivity index (χ1n) is 8.22. The highest BCUT2D eigenvalue weighted by molar-refractivity contribution is 7.99. The van der Waals surface area contributed by atoms with E-state index in [0.717, 1.165) is 5.69 Å². The number of nitro benzene ring substituents is 1. The average molecular weight is 396 g/mol. The summed E-state index contributed by atoms with van der Waals surface area (Å²) in [4.78, 5) is 22.5. The van der Waals surface area contributed by atoms with E-state index in [-0.39, 0.29) is 17.3 Å². The van der Waals surface area contributed by atoms with Gasteiger partial charge in [0.25, 0.3) is 11.6 Å². The topological polar surface area (TPSA) is 115 Å². The van der Waals surface area contributed by atoms with Crippen molar-refractivity contribution in [3.8, 4) is 5.69 Å². The molecule has 1 amide bonds. The summed E-state index contributed by atoms with van der Waals surface area (Å²) in [6, 6.07) is 15.7. The van der Waals surface area contributed by atoms with Crippen molar-refractivity contribution in [1.29, 1.82) is 0 Å². The summed E-state index contributed by atoms with van der Waals surface area (Å²) in [6.07, 6.45) is 1.25. The quantitative estimate of drug-likeness (QED) is 0.284. The van der Waals surface area contributed by atoms with Crippen LogP contribution in [0.4, 0.5) is 5.69 Å². The Bertz CT molecular complexity index is 1020. The second-order valence-corrected chi connectivity index (χ2v) is 6.54. The van der Waals surface area contributed by atoms with E-state index in [1.165, 1.54) is 24.0 Å². The van der Waals surface area contributed by atoms with Gasteiger partial charge in [-0.1, -0.05) is 42.1 Å². The van der Waals surface area contributed by atoms with Crippen LogP contribution in [0.1, 0.15) is 11.4 Å². The van der Waals surface area contributed by atoms with Crippen molar-refractivity contribution < 1.29 is 9.72 Å². The van der Waals surface area contributed by atoms with Crippen molar-refractivity contribution in [2.75, 3.05) is 5.75 Å². The Labute approximate surface area is 164 Å². The Kier molecular flexibility index (Phi) is 6.12. The number of hydrogen-bond donors (Lipinski definition) is 1. The molecule has 0 fully saturated rings. The zero-order chi connectivity index (χ0) is 19.9. The number of hydrazone groups is 1. The number of nitrogens with one attached hydrogen (secondary N) is 1. The summed E-state index contributed by atoms with van der Waals surface area (Å²) in [5, 5.41) is 23.5. The average Bonchev–Trinajstić information content (AvgIpc) is 3.07. The molecule has 3 aromatic rings. The number of thioether (sulfide) groups is 1. The predicted molar refractivity (Wildman–Crippen MR) is 106 cm³/mol. The third-order valence-electron chi connectivity index (χ3n) is 3.67. The summed E-state index contributed by atoms with van der Waals surface area (Å²) in [5.41, 5.74) is 3.49. The van der Waals surface area contributed by atoms with Crippen molar-refractivity contribution in [2.45, 2.75) is 12.1 Å². The van der Waals surface area contributed by atoms with Gasteiger partial charge in [-0.05, 0) is 25.1 Å². The molecule has 0 aliphatic rings. The third kappa shape index (κ3) is 4.60. The van der Waals surface area contributed by atoms with Gasteiger partial charge in [-0.3, -0.25) is 19.5 Å². The largest absolute Gasteiger partial charge is 0.278 e. The fourth-order valence-corrected chi connectivity index (χ4v) is 3.20. The van der Waals surface area contributed by atoms with Gasteiger partial charge in [0.05, 0.1) is 22.5 Å². The smallest absolute Gasteiger partial charge is 0.274 e. The second kappa shape index (κ2) is 8.91. The van der Waals surface area contributed by atoms with Gasteiger partial charge in [0.1, 0.15) is 5.82 Å². The fraction of sp³-hybridized carbons (Fsp3) is 0.111. The lowest BCUT2D eigenvalue weighted by Crippen LogP contribution is -2.20. The molecule has 3 rings (SSSR count). The fourth-order valence-electron chi connectivity index (χ4n) is 2.41. The minimum absolute atomic E-state index is 0.0686. The van der Waals surface area contributed by atoms with Crippen LogP contribution in [0.15, 0.2) is 64.9 Å². The first-order valence-corrected chi connectivity index (χ1v) is 9.20. The van der Waals surface area contributed by atoms with Crippen LogP contribution in [0.3, 0.4) is 0 Å². The van der Waals surface area contributed by atoms with Crippen LogP contribution in [0.5, 0.6) is 0 Å². The third-order valence-corrected chi connectivity index (χ3v) is 4.60. The summed E-state index contributed by atoms with van der Waals surface area (Å²) < 4.78 is 1.86. The number of benzene rings is 2. The first kappa shape index (κ1) is 19.2. The Morgan fingerprint density at radius 1 is 1.21 bits per heavy atom. The molecule has 0 aliphatic heterocycles. The molecule has 0 radical (unpaired) electrons. The molecule has 1 heterocycles. The van der Waals surface area contributed by atoms with E-state index in [1.807, 2.05) is 41.8 Å². The number of para-hydroxylation sites is 2. The van der Waals surface area contributed by atoms with Gasteiger partial charge in [0.15, 0.2) is 5.16 Å². The van der Waals surface area contributed by atoms with E-state index < -0.39 is 4.92 Å². The number of amides is 1. The van der Waals surface area contributed by atoms with Gasteiger partial charge >= 0.3 is 0 Å². The van der Waals surface area contributed by atoms with Crippen LogP contribution >= 0.6 is 11.8 Å². The Balaban J connectivity index is 1.61. The molecule has 10 heteroatoms. The number of aryl methyl sites for hydroxylation is 1. The lowest BCUT2D eigenvalue weighted by molar-refractivity contribution is -0.385. The van der Waals surface area contributed by atoms with E-state index >= 15 is 0 Å². The molecular weight excluding hydrogens is 380 g/mol. The minimum Gasteiger partial charge on any atom is -0.274 e. The summed E-state index contributed by atoms with van der Waals surface area (Å²) in [7, 11) is 0. The van der Waals surface area contributed by atoms with Crippen molar-refractivity contribution in [3.05, 3.63) is 76.1 Å². The van der Waals surface area contributed by atoms with E-state index in [0.29, 0.717) is 16.5 Å². The van der Waals surface area contributed by atoms with E-state index in [1.54, 1.807) is 18.2 Å². The number of nitrogens with zero attached hydrogens (tertiary/aromatic N) is 5. The number of nitro groups is 1. The molecule has 1 aromatic heterocycles. The number of hydrogen-bond acceptors (Lipinski definition) is 7. The van der Waals surface area contributed by atoms with Crippen molar-refractivity contribution in [1.82, 2.24) is 20.2 Å². The highest BCUT2D eigenvalue weighted by Gasteiger charge is 2.13. The zero-order valence-corrected chi connectivity index (χ0v) is 15.7.